The van der Waals surface area contributed by atoms with Gasteiger partial charge in [-0.15, -0.1) is 0 Å². The number of ether oxygens (including phenoxy) is 2. The van der Waals surface area contributed by atoms with Gasteiger partial charge in [0.25, 0.3) is 5.91 Å². The quantitative estimate of drug-likeness (QED) is 0.922. The molecule has 4 nitrogen and oxygen atoms in total. The van der Waals surface area contributed by atoms with Crippen LogP contribution >= 0.6 is 0 Å². The molecule has 1 amide bonds. The molecule has 0 unspecified atom stereocenters. The van der Waals surface area contributed by atoms with Crippen LogP contribution < -0.4 is 14.8 Å². The fourth-order valence-electron chi connectivity index (χ4n) is 2.34. The molecule has 0 spiro atoms. The van der Waals surface area contributed by atoms with E-state index in [-0.39, 0.29) is 5.91 Å². The van der Waals surface area contributed by atoms with E-state index < -0.39 is 0 Å². The Kier molecular flexibility index (Phi) is 5.04. The number of carbonyl (C=O) groups excluding carboxylic acids is 1. The van der Waals surface area contributed by atoms with Gasteiger partial charge in [-0.25, -0.2) is 0 Å². The normalized spacial score (nSPS) is 10.2. The van der Waals surface area contributed by atoms with Gasteiger partial charge in [-0.2, -0.15) is 0 Å². The molecule has 0 fully saturated rings. The van der Waals surface area contributed by atoms with Gasteiger partial charge in [0, 0.05) is 12.1 Å². The topological polar surface area (TPSA) is 47.6 Å². The fourth-order valence-corrected chi connectivity index (χ4v) is 2.34. The van der Waals surface area contributed by atoms with E-state index >= 15 is 0 Å². The lowest BCUT2D eigenvalue weighted by atomic mass is 10.1. The number of methoxy groups -OCH3 is 2. The van der Waals surface area contributed by atoms with E-state index in [4.69, 9.17) is 9.47 Å². The molecule has 1 N–H and O–H groups in total. The number of benzene rings is 2. The predicted molar refractivity (Wildman–Crippen MR) is 86.6 cm³/mol. The van der Waals surface area contributed by atoms with E-state index in [2.05, 4.69) is 5.32 Å². The van der Waals surface area contributed by atoms with Crippen molar-refractivity contribution in [3.05, 3.63) is 58.7 Å². The maximum Gasteiger partial charge on any atom is 0.251 e. The second-order valence-electron chi connectivity index (χ2n) is 5.19. The highest BCUT2D eigenvalue weighted by Gasteiger charge is 2.10. The van der Waals surface area contributed by atoms with Crippen molar-refractivity contribution >= 4 is 5.91 Å². The Bertz CT molecular complexity index is 680. The molecule has 0 aliphatic carbocycles. The first-order valence-corrected chi connectivity index (χ1v) is 7.11. The molecule has 0 aliphatic heterocycles. The van der Waals surface area contributed by atoms with Crippen molar-refractivity contribution in [3.63, 3.8) is 0 Å². The molecule has 0 aliphatic rings. The number of hydrogen-bond donors (Lipinski definition) is 1. The fraction of sp³-hybridized carbons (Fsp3) is 0.278. The molecule has 0 saturated heterocycles. The second kappa shape index (κ2) is 6.98. The summed E-state index contributed by atoms with van der Waals surface area (Å²) in [5.74, 6) is 1.25. The Hall–Kier alpha value is -2.49. The lowest BCUT2D eigenvalue weighted by Crippen LogP contribution is -2.23. The Morgan fingerprint density at radius 1 is 1.00 bits per heavy atom. The summed E-state index contributed by atoms with van der Waals surface area (Å²) in [5, 5.41) is 2.93. The van der Waals surface area contributed by atoms with Gasteiger partial charge in [-0.1, -0.05) is 23.8 Å². The van der Waals surface area contributed by atoms with Gasteiger partial charge in [-0.3, -0.25) is 4.79 Å². The average Bonchev–Trinajstić information content (AvgIpc) is 2.52. The monoisotopic (exact) mass is 299 g/mol. The first-order chi connectivity index (χ1) is 10.5. The molecule has 0 aromatic heterocycles. The Labute approximate surface area is 131 Å². The smallest absolute Gasteiger partial charge is 0.251 e. The van der Waals surface area contributed by atoms with Crippen molar-refractivity contribution in [1.29, 1.82) is 0 Å². The van der Waals surface area contributed by atoms with E-state index in [0.29, 0.717) is 23.6 Å². The van der Waals surface area contributed by atoms with Gasteiger partial charge in [0.1, 0.15) is 0 Å². The summed E-state index contributed by atoms with van der Waals surface area (Å²) in [7, 11) is 3.19. The summed E-state index contributed by atoms with van der Waals surface area (Å²) >= 11 is 0. The van der Waals surface area contributed by atoms with Crippen molar-refractivity contribution in [2.45, 2.75) is 20.4 Å². The van der Waals surface area contributed by atoms with Gasteiger partial charge < -0.3 is 14.8 Å². The van der Waals surface area contributed by atoms with Crippen LogP contribution in [-0.4, -0.2) is 20.1 Å². The molecule has 4 heteroatoms. The van der Waals surface area contributed by atoms with Crippen molar-refractivity contribution in [2.24, 2.45) is 0 Å². The molecular weight excluding hydrogens is 278 g/mol. The number of hydrogen-bond acceptors (Lipinski definition) is 3. The van der Waals surface area contributed by atoms with Gasteiger partial charge in [0.05, 0.1) is 14.2 Å². The van der Waals surface area contributed by atoms with E-state index in [1.54, 1.807) is 14.2 Å². The van der Waals surface area contributed by atoms with Gasteiger partial charge in [0.2, 0.25) is 0 Å². The summed E-state index contributed by atoms with van der Waals surface area (Å²) in [6.45, 7) is 4.39. The van der Waals surface area contributed by atoms with E-state index in [1.807, 2.05) is 50.2 Å². The number of amides is 1. The molecule has 2 aromatic carbocycles. The Morgan fingerprint density at radius 2 is 1.73 bits per heavy atom. The van der Waals surface area contributed by atoms with Crippen molar-refractivity contribution < 1.29 is 14.3 Å². The number of carbonyl (C=O) groups is 1. The van der Waals surface area contributed by atoms with Crippen LogP contribution in [0.3, 0.4) is 0 Å². The third-order valence-electron chi connectivity index (χ3n) is 3.53. The molecule has 0 bridgehead atoms. The molecule has 0 atom stereocenters. The zero-order valence-electron chi connectivity index (χ0n) is 13.4. The maximum absolute atomic E-state index is 12.3. The number of aryl methyl sites for hydroxylation is 2. The zero-order valence-corrected chi connectivity index (χ0v) is 13.4. The van der Waals surface area contributed by atoms with Crippen LogP contribution in [-0.2, 0) is 6.54 Å². The van der Waals surface area contributed by atoms with E-state index in [0.717, 1.165) is 16.7 Å². The Morgan fingerprint density at radius 3 is 2.36 bits per heavy atom. The van der Waals surface area contributed by atoms with Gasteiger partial charge in [-0.05, 0) is 43.2 Å². The molecule has 0 heterocycles. The number of rotatable bonds is 5. The highest BCUT2D eigenvalue weighted by molar-refractivity contribution is 5.95. The average molecular weight is 299 g/mol. The van der Waals surface area contributed by atoms with Gasteiger partial charge >= 0.3 is 0 Å². The van der Waals surface area contributed by atoms with Crippen LogP contribution in [0.5, 0.6) is 11.5 Å². The zero-order chi connectivity index (χ0) is 16.1. The third kappa shape index (κ3) is 3.58. The van der Waals surface area contributed by atoms with Crippen molar-refractivity contribution in [1.82, 2.24) is 5.32 Å². The van der Waals surface area contributed by atoms with Crippen LogP contribution in [0, 0.1) is 13.8 Å². The first kappa shape index (κ1) is 15.9. The highest BCUT2D eigenvalue weighted by atomic mass is 16.5. The van der Waals surface area contributed by atoms with Gasteiger partial charge in [0.15, 0.2) is 11.5 Å². The van der Waals surface area contributed by atoms with Crippen LogP contribution in [0.2, 0.25) is 0 Å². The molecular formula is C18H21NO3. The summed E-state index contributed by atoms with van der Waals surface area (Å²) in [5.41, 5.74) is 3.78. The van der Waals surface area contributed by atoms with Crippen LogP contribution in [0.1, 0.15) is 27.0 Å². The lowest BCUT2D eigenvalue weighted by molar-refractivity contribution is 0.0950. The van der Waals surface area contributed by atoms with E-state index in [1.165, 1.54) is 0 Å². The summed E-state index contributed by atoms with van der Waals surface area (Å²) < 4.78 is 10.5. The molecule has 22 heavy (non-hydrogen) atoms. The van der Waals surface area contributed by atoms with Crippen molar-refractivity contribution in [2.75, 3.05) is 14.2 Å². The minimum absolute atomic E-state index is 0.0766. The molecule has 0 radical (unpaired) electrons. The highest BCUT2D eigenvalue weighted by Crippen LogP contribution is 2.27. The predicted octanol–water partition coefficient (Wildman–Crippen LogP) is 3.25. The standard InChI is InChI=1S/C18H21NO3/c1-12-5-7-15(13(2)9-12)18(20)19-11-14-6-8-16(21-3)17(10-14)22-4/h5-10H,11H2,1-4H3,(H,19,20). The molecule has 116 valence electrons. The van der Waals surface area contributed by atoms with E-state index in [9.17, 15) is 4.79 Å². The minimum atomic E-state index is -0.0766. The second-order valence-corrected chi connectivity index (χ2v) is 5.19. The summed E-state index contributed by atoms with van der Waals surface area (Å²) in [6.07, 6.45) is 0. The minimum Gasteiger partial charge on any atom is -0.493 e. The Balaban J connectivity index is 2.08. The molecule has 0 saturated carbocycles. The van der Waals surface area contributed by atoms with Crippen molar-refractivity contribution in [3.8, 4) is 11.5 Å². The third-order valence-corrected chi connectivity index (χ3v) is 3.53. The number of nitrogens with one attached hydrogen (secondary N) is 1. The SMILES string of the molecule is COc1ccc(CNC(=O)c2ccc(C)cc2C)cc1OC. The molecule has 2 aromatic rings. The maximum atomic E-state index is 12.3. The summed E-state index contributed by atoms with van der Waals surface area (Å²) in [6, 6.07) is 11.4. The molecule has 2 rings (SSSR count). The first-order valence-electron chi connectivity index (χ1n) is 7.11. The van der Waals surface area contributed by atoms with Crippen LogP contribution in [0.15, 0.2) is 36.4 Å². The lowest BCUT2D eigenvalue weighted by Gasteiger charge is -2.11. The van der Waals surface area contributed by atoms with Crippen LogP contribution in [0.25, 0.3) is 0 Å². The van der Waals surface area contributed by atoms with Crippen LogP contribution in [0.4, 0.5) is 0 Å². The summed E-state index contributed by atoms with van der Waals surface area (Å²) in [4.78, 5) is 12.3. The largest absolute Gasteiger partial charge is 0.493 e.